The van der Waals surface area contributed by atoms with Gasteiger partial charge in [-0.2, -0.15) is 0 Å². The van der Waals surface area contributed by atoms with E-state index in [1.54, 1.807) is 0 Å². The monoisotopic (exact) mass is 248 g/mol. The molecule has 2 unspecified atom stereocenters. The zero-order chi connectivity index (χ0) is 13.3. The third kappa shape index (κ3) is 2.40. The molecule has 0 radical (unpaired) electrons. The van der Waals surface area contributed by atoms with Crippen molar-refractivity contribution >= 4 is 5.97 Å². The molecule has 2 rings (SSSR count). The van der Waals surface area contributed by atoms with E-state index in [2.05, 4.69) is 36.9 Å². The second-order valence-corrected chi connectivity index (χ2v) is 5.27. The summed E-state index contributed by atoms with van der Waals surface area (Å²) in [5.41, 5.74) is 7.24. The molecule has 1 aliphatic rings. The largest absolute Gasteiger partial charge is 0.480 e. The normalized spacial score (nSPS) is 26.2. The van der Waals surface area contributed by atoms with Crippen LogP contribution in [0.3, 0.4) is 0 Å². The van der Waals surface area contributed by atoms with Crippen LogP contribution in [-0.4, -0.2) is 34.6 Å². The van der Waals surface area contributed by atoms with Crippen molar-refractivity contribution in [3.63, 3.8) is 0 Å². The lowest BCUT2D eigenvalue weighted by atomic mass is 10.0. The number of aryl methyl sites for hydroxylation is 1. The fourth-order valence-corrected chi connectivity index (χ4v) is 2.51. The van der Waals surface area contributed by atoms with Gasteiger partial charge in [-0.15, -0.1) is 0 Å². The number of benzene rings is 1. The van der Waals surface area contributed by atoms with Crippen molar-refractivity contribution < 1.29 is 9.90 Å². The minimum absolute atomic E-state index is 0.203. The number of nitrogens with two attached hydrogens (primary N) is 1. The van der Waals surface area contributed by atoms with Crippen molar-refractivity contribution in [2.45, 2.75) is 31.8 Å². The summed E-state index contributed by atoms with van der Waals surface area (Å²) in [4.78, 5) is 13.3. The third-order valence-electron chi connectivity index (χ3n) is 3.83. The molecule has 2 atom stereocenters. The molecule has 1 aliphatic heterocycles. The molecule has 0 aliphatic carbocycles. The highest BCUT2D eigenvalue weighted by Gasteiger charge is 2.42. The molecular formula is C14H20N2O2. The fourth-order valence-electron chi connectivity index (χ4n) is 2.51. The van der Waals surface area contributed by atoms with E-state index in [4.69, 9.17) is 10.8 Å². The lowest BCUT2D eigenvalue weighted by Crippen LogP contribution is -2.50. The standard InChI is InChI=1S/C14H20N2O2/c1-10-4-3-5-12(8-10)11(2)16-7-6-14(15,9-16)13(17)18/h3-5,8,11H,6-7,9,15H2,1-2H3,(H,17,18). The van der Waals surface area contributed by atoms with Crippen LogP contribution >= 0.6 is 0 Å². The molecule has 4 heteroatoms. The molecule has 0 spiro atoms. The fraction of sp³-hybridized carbons (Fsp3) is 0.500. The van der Waals surface area contributed by atoms with E-state index in [0.717, 1.165) is 6.54 Å². The van der Waals surface area contributed by atoms with Gasteiger partial charge in [0, 0.05) is 19.1 Å². The Labute approximate surface area is 107 Å². The summed E-state index contributed by atoms with van der Waals surface area (Å²) >= 11 is 0. The number of likely N-dealkylation sites (tertiary alicyclic amines) is 1. The van der Waals surface area contributed by atoms with Crippen LogP contribution in [0, 0.1) is 6.92 Å². The Bertz CT molecular complexity index is 461. The lowest BCUT2D eigenvalue weighted by molar-refractivity contribution is -0.142. The molecule has 0 aromatic heterocycles. The molecule has 1 aromatic rings. The topological polar surface area (TPSA) is 66.6 Å². The summed E-state index contributed by atoms with van der Waals surface area (Å²) in [5, 5.41) is 9.14. The van der Waals surface area contributed by atoms with Crippen molar-refractivity contribution in [3.8, 4) is 0 Å². The molecule has 0 saturated carbocycles. The number of hydrogen-bond acceptors (Lipinski definition) is 3. The smallest absolute Gasteiger partial charge is 0.325 e. The van der Waals surface area contributed by atoms with E-state index in [9.17, 15) is 4.79 Å². The van der Waals surface area contributed by atoms with Gasteiger partial charge in [-0.05, 0) is 25.8 Å². The number of hydrogen-bond donors (Lipinski definition) is 2. The Balaban J connectivity index is 2.12. The molecule has 1 heterocycles. The van der Waals surface area contributed by atoms with Gasteiger partial charge in [0.25, 0.3) is 0 Å². The number of rotatable bonds is 3. The first-order valence-electron chi connectivity index (χ1n) is 6.25. The molecular weight excluding hydrogens is 228 g/mol. The SMILES string of the molecule is Cc1cccc(C(C)N2CCC(N)(C(=O)O)C2)c1. The van der Waals surface area contributed by atoms with Gasteiger partial charge < -0.3 is 10.8 Å². The summed E-state index contributed by atoms with van der Waals surface area (Å²) in [7, 11) is 0. The molecule has 1 saturated heterocycles. The molecule has 0 bridgehead atoms. The highest BCUT2D eigenvalue weighted by atomic mass is 16.4. The van der Waals surface area contributed by atoms with Crippen molar-refractivity contribution in [2.75, 3.05) is 13.1 Å². The van der Waals surface area contributed by atoms with E-state index >= 15 is 0 Å². The van der Waals surface area contributed by atoms with Gasteiger partial charge in [0.15, 0.2) is 0 Å². The van der Waals surface area contributed by atoms with Crippen LogP contribution in [0.5, 0.6) is 0 Å². The minimum Gasteiger partial charge on any atom is -0.480 e. The van der Waals surface area contributed by atoms with E-state index in [-0.39, 0.29) is 6.04 Å². The first-order chi connectivity index (χ1) is 8.42. The molecule has 0 amide bonds. The Morgan fingerprint density at radius 2 is 2.28 bits per heavy atom. The average Bonchev–Trinajstić information content (AvgIpc) is 2.72. The summed E-state index contributed by atoms with van der Waals surface area (Å²) in [5.74, 6) is -0.901. The molecule has 1 aromatic carbocycles. The number of carboxylic acids is 1. The molecule has 18 heavy (non-hydrogen) atoms. The van der Waals surface area contributed by atoms with Crippen LogP contribution in [0.15, 0.2) is 24.3 Å². The summed E-state index contributed by atoms with van der Waals surface area (Å²) in [6.45, 7) is 5.31. The maximum atomic E-state index is 11.1. The molecule has 98 valence electrons. The van der Waals surface area contributed by atoms with Gasteiger partial charge in [0.1, 0.15) is 5.54 Å². The van der Waals surface area contributed by atoms with Gasteiger partial charge in [-0.25, -0.2) is 0 Å². The minimum atomic E-state index is -1.09. The van der Waals surface area contributed by atoms with E-state index in [0.29, 0.717) is 13.0 Å². The highest BCUT2D eigenvalue weighted by molar-refractivity contribution is 5.79. The lowest BCUT2D eigenvalue weighted by Gasteiger charge is -2.26. The Hall–Kier alpha value is -1.39. The van der Waals surface area contributed by atoms with Crippen molar-refractivity contribution in [3.05, 3.63) is 35.4 Å². The summed E-state index contributed by atoms with van der Waals surface area (Å²) < 4.78 is 0. The maximum absolute atomic E-state index is 11.1. The molecule has 3 N–H and O–H groups in total. The zero-order valence-electron chi connectivity index (χ0n) is 10.9. The maximum Gasteiger partial charge on any atom is 0.325 e. The van der Waals surface area contributed by atoms with Crippen LogP contribution in [0.25, 0.3) is 0 Å². The number of carboxylic acid groups (broad SMARTS) is 1. The number of aliphatic carboxylic acids is 1. The Morgan fingerprint density at radius 1 is 1.56 bits per heavy atom. The third-order valence-corrected chi connectivity index (χ3v) is 3.83. The predicted molar refractivity (Wildman–Crippen MR) is 70.3 cm³/mol. The predicted octanol–water partition coefficient (Wildman–Crippen LogP) is 1.54. The number of carbonyl (C=O) groups is 1. The Kier molecular flexibility index (Phi) is 3.41. The van der Waals surface area contributed by atoms with Gasteiger partial charge >= 0.3 is 5.97 Å². The average molecular weight is 248 g/mol. The van der Waals surface area contributed by atoms with Gasteiger partial charge in [0.2, 0.25) is 0 Å². The van der Waals surface area contributed by atoms with Gasteiger partial charge in [-0.1, -0.05) is 29.8 Å². The van der Waals surface area contributed by atoms with Gasteiger partial charge in [-0.3, -0.25) is 9.69 Å². The van der Waals surface area contributed by atoms with Crippen LogP contribution in [-0.2, 0) is 4.79 Å². The second-order valence-electron chi connectivity index (χ2n) is 5.27. The first kappa shape index (κ1) is 13.1. The van der Waals surface area contributed by atoms with Crippen molar-refractivity contribution in [1.29, 1.82) is 0 Å². The molecule has 4 nitrogen and oxygen atoms in total. The Morgan fingerprint density at radius 3 is 2.83 bits per heavy atom. The van der Waals surface area contributed by atoms with Gasteiger partial charge in [0.05, 0.1) is 0 Å². The van der Waals surface area contributed by atoms with Crippen molar-refractivity contribution in [2.24, 2.45) is 5.73 Å². The second kappa shape index (κ2) is 4.71. The highest BCUT2D eigenvalue weighted by Crippen LogP contribution is 2.28. The number of nitrogens with zero attached hydrogens (tertiary/aromatic N) is 1. The van der Waals surface area contributed by atoms with Crippen LogP contribution in [0.2, 0.25) is 0 Å². The quantitative estimate of drug-likeness (QED) is 0.851. The first-order valence-corrected chi connectivity index (χ1v) is 6.25. The zero-order valence-corrected chi connectivity index (χ0v) is 10.9. The van der Waals surface area contributed by atoms with Crippen LogP contribution < -0.4 is 5.73 Å². The van der Waals surface area contributed by atoms with Crippen molar-refractivity contribution in [1.82, 2.24) is 4.90 Å². The van der Waals surface area contributed by atoms with E-state index < -0.39 is 11.5 Å². The van der Waals surface area contributed by atoms with Crippen LogP contribution in [0.1, 0.15) is 30.5 Å². The summed E-state index contributed by atoms with van der Waals surface area (Å²) in [6, 6.07) is 8.51. The summed E-state index contributed by atoms with van der Waals surface area (Å²) in [6.07, 6.45) is 0.512. The van der Waals surface area contributed by atoms with E-state index in [1.165, 1.54) is 11.1 Å². The van der Waals surface area contributed by atoms with Crippen LogP contribution in [0.4, 0.5) is 0 Å². The molecule has 1 fully saturated rings. The van der Waals surface area contributed by atoms with E-state index in [1.807, 2.05) is 6.07 Å².